The van der Waals surface area contributed by atoms with Crippen LogP contribution in [0.1, 0.15) is 36.4 Å². The van der Waals surface area contributed by atoms with E-state index in [9.17, 15) is 18.0 Å². The van der Waals surface area contributed by atoms with Gasteiger partial charge in [0.05, 0.1) is 11.3 Å². The van der Waals surface area contributed by atoms with Crippen molar-refractivity contribution in [3.05, 3.63) is 57.1 Å². The summed E-state index contributed by atoms with van der Waals surface area (Å²) in [6, 6.07) is 6.25. The summed E-state index contributed by atoms with van der Waals surface area (Å²) in [6.45, 7) is 9.63. The molecule has 0 saturated carbocycles. The molecule has 0 radical (unpaired) electrons. The summed E-state index contributed by atoms with van der Waals surface area (Å²) in [5.74, 6) is -0.308. The Morgan fingerprint density at radius 2 is 1.84 bits per heavy atom. The zero-order chi connectivity index (χ0) is 22.9. The maximum atomic E-state index is 12.9. The average molecular weight is 446 g/mol. The number of benzene rings is 1. The molecule has 0 bridgehead atoms. The number of hydrogen-bond donors (Lipinski definition) is 2. The first-order valence-electron chi connectivity index (χ1n) is 10.1. The van der Waals surface area contributed by atoms with Crippen LogP contribution in [0.4, 0.5) is 5.69 Å². The van der Waals surface area contributed by atoms with E-state index in [2.05, 4.69) is 15.4 Å². The van der Waals surface area contributed by atoms with Crippen molar-refractivity contribution in [1.82, 2.24) is 18.9 Å². The first-order chi connectivity index (χ1) is 14.6. The zero-order valence-electron chi connectivity index (χ0n) is 18.3. The van der Waals surface area contributed by atoms with E-state index >= 15 is 0 Å². The normalized spacial score (nSPS) is 11.9. The fraction of sp³-hybridized carbons (Fsp3) is 0.381. The standard InChI is InChI=1S/C21H27N5O4S/c1-6-25(7-2)31(29,30)18-10-16(9-8-13(18)3)23-20(27)11-17-14(4)22-19-12-21(28)24-26(19)15(17)5/h8-10,12H,6-7,11H2,1-5H3,(H,23,27)(H,24,28). The van der Waals surface area contributed by atoms with Crippen molar-refractivity contribution >= 4 is 27.3 Å². The quantitative estimate of drug-likeness (QED) is 0.578. The molecule has 9 nitrogen and oxygen atoms in total. The highest BCUT2D eigenvalue weighted by molar-refractivity contribution is 7.89. The molecule has 0 atom stereocenters. The lowest BCUT2D eigenvalue weighted by Crippen LogP contribution is -2.31. The first kappa shape index (κ1) is 22.7. The number of aromatic amines is 1. The van der Waals surface area contributed by atoms with E-state index in [0.717, 1.165) is 0 Å². The molecule has 0 aliphatic carbocycles. The molecule has 2 heterocycles. The van der Waals surface area contributed by atoms with E-state index in [1.807, 2.05) is 0 Å². The molecule has 0 aliphatic rings. The van der Waals surface area contributed by atoms with Crippen LogP contribution in [0.3, 0.4) is 0 Å². The number of fused-ring (bicyclic) bond motifs is 1. The zero-order valence-corrected chi connectivity index (χ0v) is 19.1. The van der Waals surface area contributed by atoms with E-state index in [-0.39, 0.29) is 22.8 Å². The number of anilines is 1. The highest BCUT2D eigenvalue weighted by Gasteiger charge is 2.24. The van der Waals surface area contributed by atoms with Gasteiger partial charge >= 0.3 is 0 Å². The second-order valence-corrected chi connectivity index (χ2v) is 9.28. The van der Waals surface area contributed by atoms with Crippen molar-refractivity contribution in [2.75, 3.05) is 18.4 Å². The van der Waals surface area contributed by atoms with Crippen LogP contribution in [-0.4, -0.2) is 46.3 Å². The molecule has 2 N–H and O–H groups in total. The van der Waals surface area contributed by atoms with E-state index in [1.54, 1.807) is 51.3 Å². The van der Waals surface area contributed by atoms with Gasteiger partial charge in [-0.3, -0.25) is 14.7 Å². The summed E-state index contributed by atoms with van der Waals surface area (Å²) in [7, 11) is -3.65. The molecule has 3 aromatic rings. The Labute approximate surface area is 181 Å². The summed E-state index contributed by atoms with van der Waals surface area (Å²) in [5.41, 5.74) is 3.31. The predicted octanol–water partition coefficient (Wildman–Crippen LogP) is 2.16. The topological polar surface area (TPSA) is 117 Å². The Bertz CT molecular complexity index is 1300. The minimum absolute atomic E-state index is 0.0345. The minimum Gasteiger partial charge on any atom is -0.326 e. The van der Waals surface area contributed by atoms with Crippen molar-refractivity contribution in [3.8, 4) is 0 Å². The maximum Gasteiger partial charge on any atom is 0.266 e. The molecular formula is C21H27N5O4S. The summed E-state index contributed by atoms with van der Waals surface area (Å²) in [6.07, 6.45) is 0.0345. The molecule has 0 saturated heterocycles. The molecule has 2 aromatic heterocycles. The van der Waals surface area contributed by atoms with Gasteiger partial charge in [-0.1, -0.05) is 19.9 Å². The number of amides is 1. The molecule has 31 heavy (non-hydrogen) atoms. The van der Waals surface area contributed by atoms with Gasteiger partial charge < -0.3 is 5.32 Å². The SMILES string of the molecule is CCN(CC)S(=O)(=O)c1cc(NC(=O)Cc2c(C)nc3cc(=O)[nH]n3c2C)ccc1C. The largest absolute Gasteiger partial charge is 0.326 e. The van der Waals surface area contributed by atoms with Gasteiger partial charge in [0.2, 0.25) is 15.9 Å². The summed E-state index contributed by atoms with van der Waals surface area (Å²) >= 11 is 0. The predicted molar refractivity (Wildman–Crippen MR) is 119 cm³/mol. The smallest absolute Gasteiger partial charge is 0.266 e. The number of hydrogen-bond acceptors (Lipinski definition) is 5. The highest BCUT2D eigenvalue weighted by Crippen LogP contribution is 2.24. The second kappa shape index (κ2) is 8.64. The molecule has 1 amide bonds. The average Bonchev–Trinajstić information content (AvgIpc) is 3.07. The Morgan fingerprint density at radius 3 is 2.48 bits per heavy atom. The highest BCUT2D eigenvalue weighted by atomic mass is 32.2. The fourth-order valence-corrected chi connectivity index (χ4v) is 5.34. The molecule has 0 aliphatic heterocycles. The third-order valence-electron chi connectivity index (χ3n) is 5.33. The number of aryl methyl sites for hydroxylation is 3. The van der Waals surface area contributed by atoms with Crippen molar-refractivity contribution in [3.63, 3.8) is 0 Å². The maximum absolute atomic E-state index is 12.9. The molecular weight excluding hydrogens is 418 g/mol. The third kappa shape index (κ3) is 4.40. The summed E-state index contributed by atoms with van der Waals surface area (Å²) in [5, 5.41) is 5.45. The second-order valence-electron chi connectivity index (χ2n) is 7.37. The molecule has 166 valence electrons. The van der Waals surface area contributed by atoms with Gasteiger partial charge in [-0.25, -0.2) is 17.9 Å². The monoisotopic (exact) mass is 445 g/mol. The Balaban J connectivity index is 1.88. The number of nitrogens with one attached hydrogen (secondary N) is 2. The van der Waals surface area contributed by atoms with Crippen LogP contribution >= 0.6 is 0 Å². The van der Waals surface area contributed by atoms with Crippen LogP contribution in [0, 0.1) is 20.8 Å². The lowest BCUT2D eigenvalue weighted by Gasteiger charge is -2.20. The van der Waals surface area contributed by atoms with Crippen LogP contribution in [0.15, 0.2) is 34.0 Å². The van der Waals surface area contributed by atoms with Gasteiger partial charge in [0.25, 0.3) is 5.56 Å². The number of aromatic nitrogens is 3. The summed E-state index contributed by atoms with van der Waals surface area (Å²) in [4.78, 5) is 28.9. The minimum atomic E-state index is -3.65. The molecule has 3 rings (SSSR count). The van der Waals surface area contributed by atoms with Crippen LogP contribution in [0.5, 0.6) is 0 Å². The Morgan fingerprint density at radius 1 is 1.16 bits per heavy atom. The van der Waals surface area contributed by atoms with Gasteiger partial charge in [0.1, 0.15) is 0 Å². The van der Waals surface area contributed by atoms with E-state index < -0.39 is 10.0 Å². The first-order valence-corrected chi connectivity index (χ1v) is 11.5. The van der Waals surface area contributed by atoms with Gasteiger partial charge in [0.15, 0.2) is 5.65 Å². The lowest BCUT2D eigenvalue weighted by molar-refractivity contribution is -0.115. The van der Waals surface area contributed by atoms with E-state index in [1.165, 1.54) is 16.4 Å². The van der Waals surface area contributed by atoms with Gasteiger partial charge in [-0.05, 0) is 38.5 Å². The Hall–Kier alpha value is -2.98. The number of carbonyl (C=O) groups excluding carboxylic acids is 1. The lowest BCUT2D eigenvalue weighted by atomic mass is 10.1. The van der Waals surface area contributed by atoms with Gasteiger partial charge in [0, 0.05) is 41.8 Å². The number of carbonyl (C=O) groups is 1. The van der Waals surface area contributed by atoms with E-state index in [0.29, 0.717) is 46.9 Å². The Kier molecular flexibility index (Phi) is 6.33. The van der Waals surface area contributed by atoms with Crippen LogP contribution in [-0.2, 0) is 21.2 Å². The van der Waals surface area contributed by atoms with Crippen molar-refractivity contribution < 1.29 is 13.2 Å². The van der Waals surface area contributed by atoms with Crippen LogP contribution in [0.2, 0.25) is 0 Å². The van der Waals surface area contributed by atoms with Crippen LogP contribution < -0.4 is 10.9 Å². The van der Waals surface area contributed by atoms with Crippen molar-refractivity contribution in [2.24, 2.45) is 0 Å². The van der Waals surface area contributed by atoms with Gasteiger partial charge in [-0.15, -0.1) is 0 Å². The molecule has 10 heteroatoms. The van der Waals surface area contributed by atoms with E-state index in [4.69, 9.17) is 0 Å². The summed E-state index contributed by atoms with van der Waals surface area (Å²) < 4.78 is 28.8. The molecule has 0 fully saturated rings. The van der Waals surface area contributed by atoms with Crippen molar-refractivity contribution in [1.29, 1.82) is 0 Å². The number of nitrogens with zero attached hydrogens (tertiary/aromatic N) is 3. The molecule has 1 aromatic carbocycles. The fourth-order valence-electron chi connectivity index (χ4n) is 3.64. The third-order valence-corrected chi connectivity index (χ3v) is 7.53. The number of rotatable bonds is 7. The molecule has 0 spiro atoms. The number of H-pyrrole nitrogens is 1. The van der Waals surface area contributed by atoms with Gasteiger partial charge in [-0.2, -0.15) is 4.31 Å². The number of sulfonamides is 1. The van der Waals surface area contributed by atoms with Crippen molar-refractivity contribution in [2.45, 2.75) is 45.9 Å². The molecule has 0 unspecified atom stereocenters. The van der Waals surface area contributed by atoms with Crippen LogP contribution in [0.25, 0.3) is 5.65 Å².